The van der Waals surface area contributed by atoms with Crippen LogP contribution in [-0.2, 0) is 11.3 Å². The molecule has 7 heteroatoms. The normalized spacial score (nSPS) is 17.0. The van der Waals surface area contributed by atoms with E-state index in [2.05, 4.69) is 38.1 Å². The minimum atomic E-state index is -0.591. The van der Waals surface area contributed by atoms with E-state index in [0.29, 0.717) is 10.9 Å². The van der Waals surface area contributed by atoms with Crippen LogP contribution in [0.2, 0.25) is 0 Å². The maximum Gasteiger partial charge on any atom is 0.266 e. The quantitative estimate of drug-likeness (QED) is 0.720. The lowest BCUT2D eigenvalue weighted by Crippen LogP contribution is -2.32. The summed E-state index contributed by atoms with van der Waals surface area (Å²) in [5.41, 5.74) is 1.02. The number of nitrogens with zero attached hydrogens (tertiary/aromatic N) is 2. The minimum absolute atomic E-state index is 0.194. The van der Waals surface area contributed by atoms with Gasteiger partial charge in [-0.05, 0) is 63.0 Å². The molecule has 0 aliphatic carbocycles. The largest absolute Gasteiger partial charge is 0.481 e. The molecule has 1 aliphatic rings. The van der Waals surface area contributed by atoms with Crippen molar-refractivity contribution in [3.63, 3.8) is 0 Å². The molecular formula is C19H24BrN3O2S. The second-order valence-corrected chi connectivity index (χ2v) is 8.58. The van der Waals surface area contributed by atoms with Crippen molar-refractivity contribution in [2.75, 3.05) is 18.4 Å². The highest BCUT2D eigenvalue weighted by Crippen LogP contribution is 2.22. The number of amides is 1. The molecule has 1 aromatic carbocycles. The molecule has 2 heterocycles. The Morgan fingerprint density at radius 3 is 2.77 bits per heavy atom. The zero-order valence-electron chi connectivity index (χ0n) is 15.1. The Labute approximate surface area is 166 Å². The molecule has 3 rings (SSSR count). The van der Waals surface area contributed by atoms with Crippen LogP contribution in [0.25, 0.3) is 0 Å². The fourth-order valence-electron chi connectivity index (χ4n) is 2.86. The number of anilines is 1. The minimum Gasteiger partial charge on any atom is -0.481 e. The lowest BCUT2D eigenvalue weighted by atomic mass is 9.99. The summed E-state index contributed by atoms with van der Waals surface area (Å²) in [7, 11) is 0. The van der Waals surface area contributed by atoms with Gasteiger partial charge in [0.05, 0.1) is 5.69 Å². The number of thiazole rings is 1. The number of carbonyl (C=O) groups excluding carboxylic acids is 1. The average Bonchev–Trinajstić information content (AvgIpc) is 3.06. The van der Waals surface area contributed by atoms with Crippen molar-refractivity contribution in [2.45, 2.75) is 39.3 Å². The number of benzene rings is 1. The van der Waals surface area contributed by atoms with Gasteiger partial charge in [-0.25, -0.2) is 4.98 Å². The molecule has 1 aromatic heterocycles. The lowest BCUT2D eigenvalue weighted by Gasteiger charge is -2.29. The highest BCUT2D eigenvalue weighted by Gasteiger charge is 2.19. The zero-order valence-corrected chi connectivity index (χ0v) is 17.5. The van der Waals surface area contributed by atoms with Gasteiger partial charge < -0.3 is 4.74 Å². The van der Waals surface area contributed by atoms with Crippen molar-refractivity contribution in [1.82, 2.24) is 9.88 Å². The van der Waals surface area contributed by atoms with Crippen molar-refractivity contribution in [3.05, 3.63) is 39.8 Å². The molecule has 1 unspecified atom stereocenters. The molecule has 5 nitrogen and oxygen atoms in total. The molecule has 1 N–H and O–H groups in total. The highest BCUT2D eigenvalue weighted by molar-refractivity contribution is 9.10. The summed E-state index contributed by atoms with van der Waals surface area (Å²) in [6.45, 7) is 7.15. The Kier molecular flexibility index (Phi) is 6.67. The van der Waals surface area contributed by atoms with Gasteiger partial charge in [-0.15, -0.1) is 11.3 Å². The van der Waals surface area contributed by atoms with Gasteiger partial charge in [0, 0.05) is 16.4 Å². The van der Waals surface area contributed by atoms with Gasteiger partial charge in [-0.1, -0.05) is 22.9 Å². The summed E-state index contributed by atoms with van der Waals surface area (Å²) >= 11 is 4.84. The van der Waals surface area contributed by atoms with Gasteiger partial charge in [-0.3, -0.25) is 15.0 Å². The number of halogens is 1. The highest BCUT2D eigenvalue weighted by atomic mass is 79.9. The van der Waals surface area contributed by atoms with E-state index >= 15 is 0 Å². The third kappa shape index (κ3) is 5.53. The van der Waals surface area contributed by atoms with Crippen LogP contribution in [0.1, 0.15) is 32.4 Å². The monoisotopic (exact) mass is 437 g/mol. The predicted molar refractivity (Wildman–Crippen MR) is 109 cm³/mol. The Morgan fingerprint density at radius 2 is 2.08 bits per heavy atom. The lowest BCUT2D eigenvalue weighted by molar-refractivity contribution is -0.122. The molecule has 1 amide bonds. The number of ether oxygens (including phenoxy) is 1. The van der Waals surface area contributed by atoms with E-state index in [-0.39, 0.29) is 5.91 Å². The van der Waals surface area contributed by atoms with E-state index in [1.165, 1.54) is 24.2 Å². The van der Waals surface area contributed by atoms with Crippen LogP contribution < -0.4 is 10.1 Å². The van der Waals surface area contributed by atoms with Crippen molar-refractivity contribution in [3.8, 4) is 5.75 Å². The molecule has 0 radical (unpaired) electrons. The summed E-state index contributed by atoms with van der Waals surface area (Å²) in [6.07, 6.45) is 1.91. The van der Waals surface area contributed by atoms with E-state index < -0.39 is 6.10 Å². The van der Waals surface area contributed by atoms with Crippen LogP contribution >= 0.6 is 27.3 Å². The average molecular weight is 438 g/mol. The molecule has 0 bridgehead atoms. The molecule has 2 aromatic rings. The fraction of sp³-hybridized carbons (Fsp3) is 0.474. The van der Waals surface area contributed by atoms with Gasteiger partial charge >= 0.3 is 0 Å². The molecule has 0 saturated carbocycles. The maximum absolute atomic E-state index is 12.3. The second-order valence-electron chi connectivity index (χ2n) is 6.81. The molecular weight excluding hydrogens is 414 g/mol. The first-order valence-corrected chi connectivity index (χ1v) is 10.6. The summed E-state index contributed by atoms with van der Waals surface area (Å²) in [4.78, 5) is 19.3. The first-order valence-electron chi connectivity index (χ1n) is 8.89. The van der Waals surface area contributed by atoms with Crippen molar-refractivity contribution in [1.29, 1.82) is 0 Å². The SMILES string of the molecule is CC1CCN(Cc2csc(NC(=O)C(C)Oc3ccc(Br)cc3)n2)CC1. The number of rotatable bonds is 6. The second kappa shape index (κ2) is 8.97. The first kappa shape index (κ1) is 19.3. The number of hydrogen-bond acceptors (Lipinski definition) is 5. The fourth-order valence-corrected chi connectivity index (χ4v) is 3.83. The van der Waals surface area contributed by atoms with Crippen LogP contribution in [0.3, 0.4) is 0 Å². The van der Waals surface area contributed by atoms with E-state index in [9.17, 15) is 4.79 Å². The standard InChI is InChI=1S/C19H24BrN3O2S/c1-13-7-9-23(10-8-13)11-16-12-26-19(21-16)22-18(24)14(2)25-17-5-3-15(20)4-6-17/h3-6,12-14H,7-11H2,1-2H3,(H,21,22,24). The number of aromatic nitrogens is 1. The van der Waals surface area contributed by atoms with Crippen molar-refractivity contribution >= 4 is 38.3 Å². The molecule has 140 valence electrons. The Balaban J connectivity index is 1.49. The molecule has 1 aliphatic heterocycles. The molecule has 1 saturated heterocycles. The van der Waals surface area contributed by atoms with Crippen molar-refractivity contribution in [2.24, 2.45) is 5.92 Å². The number of carbonyl (C=O) groups is 1. The van der Waals surface area contributed by atoms with Gasteiger partial charge in [0.25, 0.3) is 5.91 Å². The van der Waals surface area contributed by atoms with E-state index in [0.717, 1.165) is 35.7 Å². The van der Waals surface area contributed by atoms with Crippen LogP contribution in [0.4, 0.5) is 5.13 Å². The number of hydrogen-bond donors (Lipinski definition) is 1. The van der Waals surface area contributed by atoms with Crippen LogP contribution in [-0.4, -0.2) is 35.0 Å². The van der Waals surface area contributed by atoms with Crippen LogP contribution in [0.15, 0.2) is 34.1 Å². The molecule has 1 fully saturated rings. The van der Waals surface area contributed by atoms with Gasteiger partial charge in [0.1, 0.15) is 5.75 Å². The van der Waals surface area contributed by atoms with Gasteiger partial charge in [-0.2, -0.15) is 0 Å². The van der Waals surface area contributed by atoms with Crippen molar-refractivity contribution < 1.29 is 9.53 Å². The van der Waals surface area contributed by atoms with E-state index in [1.807, 2.05) is 29.6 Å². The number of piperidine rings is 1. The Bertz CT molecular complexity index is 727. The smallest absolute Gasteiger partial charge is 0.266 e. The first-order chi connectivity index (χ1) is 12.5. The Hall–Kier alpha value is -1.44. The third-order valence-corrected chi connectivity index (χ3v) is 5.87. The summed E-state index contributed by atoms with van der Waals surface area (Å²) in [5, 5.41) is 5.50. The van der Waals surface area contributed by atoms with Crippen LogP contribution in [0.5, 0.6) is 5.75 Å². The maximum atomic E-state index is 12.3. The molecule has 0 spiro atoms. The van der Waals surface area contributed by atoms with Crippen LogP contribution in [0, 0.1) is 5.92 Å². The molecule has 26 heavy (non-hydrogen) atoms. The van der Waals surface area contributed by atoms with E-state index in [1.54, 1.807) is 6.92 Å². The summed E-state index contributed by atoms with van der Waals surface area (Å²) in [5.74, 6) is 1.29. The topological polar surface area (TPSA) is 54.5 Å². The van der Waals surface area contributed by atoms with Gasteiger partial charge in [0.15, 0.2) is 11.2 Å². The Morgan fingerprint density at radius 1 is 1.38 bits per heavy atom. The summed E-state index contributed by atoms with van der Waals surface area (Å²) < 4.78 is 6.65. The number of nitrogens with one attached hydrogen (secondary N) is 1. The zero-order chi connectivity index (χ0) is 18.5. The summed E-state index contributed by atoms with van der Waals surface area (Å²) in [6, 6.07) is 7.42. The molecule has 1 atom stereocenters. The predicted octanol–water partition coefficient (Wildman–Crippen LogP) is 4.54. The van der Waals surface area contributed by atoms with Gasteiger partial charge in [0.2, 0.25) is 0 Å². The van der Waals surface area contributed by atoms with E-state index in [4.69, 9.17) is 4.74 Å². The third-order valence-electron chi connectivity index (χ3n) is 4.54. The number of likely N-dealkylation sites (tertiary alicyclic amines) is 1.